The molecule has 2 aromatic heterocycles. The first kappa shape index (κ1) is 48.8. The van der Waals surface area contributed by atoms with Crippen molar-refractivity contribution in [2.75, 3.05) is 29.0 Å². The molecule has 6 aliphatic rings. The molecule has 1 spiro atoms. The fourth-order valence-corrected chi connectivity index (χ4v) is 10.9. The maximum Gasteiger partial charge on any atom is 0.412 e. The number of nitrogens with one attached hydrogen (secondary N) is 3. The smallest absolute Gasteiger partial charge is 0.412 e. The van der Waals surface area contributed by atoms with Gasteiger partial charge < -0.3 is 25.4 Å². The number of anilines is 3. The van der Waals surface area contributed by atoms with Gasteiger partial charge in [0.25, 0.3) is 0 Å². The summed E-state index contributed by atoms with van der Waals surface area (Å²) < 4.78 is 21.2. The van der Waals surface area contributed by atoms with E-state index in [4.69, 9.17) is 16.3 Å². The van der Waals surface area contributed by atoms with Crippen molar-refractivity contribution < 1.29 is 47.8 Å². The van der Waals surface area contributed by atoms with Crippen LogP contribution in [0.3, 0.4) is 0 Å². The largest absolute Gasteiger partial charge is 0.481 e. The zero-order valence-corrected chi connectivity index (χ0v) is 40.4. The Morgan fingerprint density at radius 3 is 1.82 bits per heavy atom. The SMILES string of the molecule is O=C1C=Cc2cc3c(cc2C1)NC(=O)CCCCC(C(=O)N1CCC[C@@]2(C1)OC(=O)Nc1ccc(Cl)c(F)c12)c1cc-3ccn1.O=C1C=Cc2cc3c(cc2C1)NC(=O)CCCCC(C(=O)O)c1cc-3ccn1. The average molecular weight is 1010 g/mol. The molecule has 2 aliphatic carbocycles. The van der Waals surface area contributed by atoms with Gasteiger partial charge in [-0.3, -0.25) is 44.1 Å². The summed E-state index contributed by atoms with van der Waals surface area (Å²) in [5.74, 6) is -3.34. The number of fused-ring (bicyclic) bond motifs is 12. The summed E-state index contributed by atoms with van der Waals surface area (Å²) in [6.45, 7) is 0.379. The molecule has 4 aliphatic heterocycles. The number of nitrogens with zero attached hydrogens (tertiary/aromatic N) is 3. The van der Waals surface area contributed by atoms with Crippen LogP contribution in [0.1, 0.15) is 115 Å². The standard InChI is InChI=1S/C34H30ClFN4O5.C22H20N2O4/c35-25-8-9-26-30(31(25)36)34(45-33(44)39-26)11-3-13-40(18-34)32(43)23-4-1-2-5-29(42)38-28-17-21-14-22(41)7-6-19(21)15-24(28)20-10-12-37-27(23)16-20;25-16-6-5-13-10-18-14-7-8-23-19(11-14)17(22(27)28)3-1-2-4-21(26)24-20(18)12-15(13)9-16/h6-10,12,15-17,23H,1-5,11,13-14,18H2,(H,38,42)(H,39,44);5-8,10-12,17H,1-4,9H2,(H,24,26)(H,27,28)/t23?,34-;/m0./s1. The number of aliphatic carboxylic acids is 1. The minimum atomic E-state index is -1.38. The summed E-state index contributed by atoms with van der Waals surface area (Å²) >= 11 is 6.14. The number of amides is 4. The van der Waals surface area contributed by atoms with Gasteiger partial charge in [-0.1, -0.05) is 36.6 Å². The Bertz CT molecular complexity index is 3230. The number of halogens is 2. The highest BCUT2D eigenvalue weighted by Gasteiger charge is 2.49. The van der Waals surface area contributed by atoms with E-state index in [2.05, 4.69) is 25.9 Å². The number of carbonyl (C=O) groups excluding carboxylic acids is 6. The molecular weight excluding hydrogens is 955 g/mol. The van der Waals surface area contributed by atoms with E-state index in [0.717, 1.165) is 44.5 Å². The maximum atomic E-state index is 15.5. The lowest BCUT2D eigenvalue weighted by Crippen LogP contribution is -2.54. The monoisotopic (exact) mass is 1000 g/mol. The molecule has 3 aromatic carbocycles. The highest BCUT2D eigenvalue weighted by atomic mass is 35.5. The fourth-order valence-electron chi connectivity index (χ4n) is 10.8. The molecule has 11 rings (SSSR count). The minimum Gasteiger partial charge on any atom is -0.481 e. The number of allylic oxidation sites excluding steroid dienone is 2. The molecule has 1 fully saturated rings. The van der Waals surface area contributed by atoms with Crippen molar-refractivity contribution in [1.29, 1.82) is 0 Å². The number of ketones is 2. The molecule has 5 aromatic rings. The predicted molar refractivity (Wildman–Crippen MR) is 271 cm³/mol. The van der Waals surface area contributed by atoms with E-state index >= 15 is 4.39 Å². The topological polar surface area (TPSA) is 214 Å². The molecule has 17 heteroatoms. The van der Waals surface area contributed by atoms with Gasteiger partial charge in [-0.25, -0.2) is 9.18 Å². The zero-order chi connectivity index (χ0) is 51.0. The van der Waals surface area contributed by atoms with Crippen LogP contribution in [0.15, 0.2) is 85.2 Å². The first-order valence-electron chi connectivity index (χ1n) is 24.5. The summed E-state index contributed by atoms with van der Waals surface area (Å²) in [5.41, 5.74) is 8.03. The average Bonchev–Trinajstić information content (AvgIpc) is 3.36. The number of carboxylic acids is 1. The van der Waals surface area contributed by atoms with Crippen molar-refractivity contribution in [2.45, 2.75) is 94.5 Å². The van der Waals surface area contributed by atoms with E-state index < -0.39 is 35.3 Å². The number of likely N-dealkylation sites (tertiary alicyclic amines) is 1. The normalized spacial score (nSPS) is 21.2. The van der Waals surface area contributed by atoms with Crippen LogP contribution < -0.4 is 16.0 Å². The summed E-state index contributed by atoms with van der Waals surface area (Å²) in [6.07, 6.45) is 14.5. The summed E-state index contributed by atoms with van der Waals surface area (Å²) in [7, 11) is 0. The van der Waals surface area contributed by atoms with Gasteiger partial charge in [0.2, 0.25) is 17.7 Å². The lowest BCUT2D eigenvalue weighted by atomic mass is 9.82. The Morgan fingerprint density at radius 2 is 1.25 bits per heavy atom. The van der Waals surface area contributed by atoms with E-state index in [1.807, 2.05) is 42.5 Å². The molecule has 4 N–H and O–H groups in total. The molecule has 6 heterocycles. The van der Waals surface area contributed by atoms with Crippen molar-refractivity contribution >= 4 is 82.2 Å². The number of hydrogen-bond donors (Lipinski definition) is 4. The van der Waals surface area contributed by atoms with Gasteiger partial charge in [0.1, 0.15) is 0 Å². The number of rotatable bonds is 2. The maximum absolute atomic E-state index is 15.5. The molecule has 372 valence electrons. The number of benzene rings is 3. The molecule has 0 saturated carbocycles. The number of carbonyl (C=O) groups is 7. The van der Waals surface area contributed by atoms with Crippen molar-refractivity contribution in [3.8, 4) is 22.3 Å². The Kier molecular flexibility index (Phi) is 13.6. The van der Waals surface area contributed by atoms with Gasteiger partial charge in [0.15, 0.2) is 23.0 Å². The Labute approximate surface area is 424 Å². The molecule has 4 bridgehead atoms. The molecule has 3 atom stereocenters. The summed E-state index contributed by atoms with van der Waals surface area (Å²) in [5, 5.41) is 18.1. The lowest BCUT2D eigenvalue weighted by Gasteiger charge is -2.45. The van der Waals surface area contributed by atoms with Crippen molar-refractivity contribution in [1.82, 2.24) is 14.9 Å². The Morgan fingerprint density at radius 1 is 0.685 bits per heavy atom. The van der Waals surface area contributed by atoms with Crippen LogP contribution in [-0.4, -0.2) is 74.4 Å². The van der Waals surface area contributed by atoms with Gasteiger partial charge in [-0.15, -0.1) is 0 Å². The second-order valence-corrected chi connectivity index (χ2v) is 19.7. The van der Waals surface area contributed by atoms with Gasteiger partial charge >= 0.3 is 12.1 Å². The van der Waals surface area contributed by atoms with Crippen LogP contribution in [0.2, 0.25) is 5.02 Å². The van der Waals surface area contributed by atoms with Crippen LogP contribution in [-0.2, 0) is 51.9 Å². The van der Waals surface area contributed by atoms with E-state index in [1.54, 1.807) is 53.7 Å². The number of aromatic nitrogens is 2. The lowest BCUT2D eigenvalue weighted by molar-refractivity contribution is -0.141. The second-order valence-electron chi connectivity index (χ2n) is 19.3. The van der Waals surface area contributed by atoms with E-state index in [1.165, 1.54) is 6.07 Å². The molecule has 73 heavy (non-hydrogen) atoms. The van der Waals surface area contributed by atoms with Crippen molar-refractivity contribution in [3.63, 3.8) is 0 Å². The number of hydrogen-bond acceptors (Lipinski definition) is 10. The fraction of sp³-hybridized carbons (Fsp3) is 0.304. The van der Waals surface area contributed by atoms with Crippen LogP contribution in [0.5, 0.6) is 0 Å². The predicted octanol–water partition coefficient (Wildman–Crippen LogP) is 9.92. The first-order chi connectivity index (χ1) is 35.2. The van der Waals surface area contributed by atoms with Gasteiger partial charge in [-0.05, 0) is 145 Å². The van der Waals surface area contributed by atoms with E-state index in [-0.39, 0.29) is 64.9 Å². The number of piperidine rings is 1. The Balaban J connectivity index is 0.000000187. The molecular formula is C56H50ClFN6O9. The van der Waals surface area contributed by atoms with Crippen LogP contribution >= 0.6 is 11.6 Å². The number of ether oxygens (including phenoxy) is 1. The molecule has 15 nitrogen and oxygen atoms in total. The summed E-state index contributed by atoms with van der Waals surface area (Å²) in [4.78, 5) is 98.5. The molecule has 2 unspecified atom stereocenters. The van der Waals surface area contributed by atoms with Crippen LogP contribution in [0, 0.1) is 5.82 Å². The highest BCUT2D eigenvalue weighted by molar-refractivity contribution is 6.31. The van der Waals surface area contributed by atoms with Crippen LogP contribution in [0.4, 0.5) is 26.2 Å². The molecule has 4 amide bonds. The van der Waals surface area contributed by atoms with Gasteiger partial charge in [0, 0.05) is 67.1 Å². The van der Waals surface area contributed by atoms with Gasteiger partial charge in [-0.2, -0.15) is 0 Å². The highest BCUT2D eigenvalue weighted by Crippen LogP contribution is 2.46. The second kappa shape index (κ2) is 20.3. The Hall–Kier alpha value is -7.85. The van der Waals surface area contributed by atoms with E-state index in [9.17, 15) is 38.7 Å². The first-order valence-corrected chi connectivity index (χ1v) is 24.9. The number of carboxylic acid groups (broad SMARTS) is 1. The van der Waals surface area contributed by atoms with E-state index in [0.29, 0.717) is 93.5 Å². The molecule has 0 radical (unpaired) electrons. The molecule has 1 saturated heterocycles. The van der Waals surface area contributed by atoms with Gasteiger partial charge in [0.05, 0.1) is 46.0 Å². The quantitative estimate of drug-likeness (QED) is 0.131. The zero-order valence-electron chi connectivity index (χ0n) is 39.6. The van der Waals surface area contributed by atoms with Crippen LogP contribution in [0.25, 0.3) is 34.4 Å². The van der Waals surface area contributed by atoms with Crippen molar-refractivity contribution in [3.05, 3.63) is 135 Å². The third kappa shape index (κ3) is 10.2. The number of pyridine rings is 2. The third-order valence-electron chi connectivity index (χ3n) is 14.4. The third-order valence-corrected chi connectivity index (χ3v) is 14.7. The summed E-state index contributed by atoms with van der Waals surface area (Å²) in [6, 6.07) is 17.8. The van der Waals surface area contributed by atoms with Crippen molar-refractivity contribution in [2.24, 2.45) is 0 Å². The minimum absolute atomic E-state index is 0.00237.